The molecule has 2 rings (SSSR count). The van der Waals surface area contributed by atoms with Gasteiger partial charge in [-0.1, -0.05) is 0 Å². The highest BCUT2D eigenvalue weighted by Gasteiger charge is 2.19. The van der Waals surface area contributed by atoms with Crippen LogP contribution in [0.15, 0.2) is 29.3 Å². The number of rotatable bonds is 8. The van der Waals surface area contributed by atoms with Crippen molar-refractivity contribution in [2.75, 3.05) is 51.6 Å². The second-order valence-electron chi connectivity index (χ2n) is 9.85. The topological polar surface area (TPSA) is 81.2 Å². The van der Waals surface area contributed by atoms with Crippen LogP contribution in [0.2, 0.25) is 0 Å². The second kappa shape index (κ2) is 14.0. The number of likely N-dealkylation sites (N-methyl/N-ethyl adjacent to an activating group) is 1. The predicted octanol–water partition coefficient (Wildman–Crippen LogP) is 3.00. The highest BCUT2D eigenvalue weighted by atomic mass is 127. The van der Waals surface area contributed by atoms with Gasteiger partial charge in [0, 0.05) is 50.0 Å². The Kier molecular flexibility index (Phi) is 12.5. The Labute approximate surface area is 216 Å². The molecular formula is C24H43IN6O2. The molecule has 33 heavy (non-hydrogen) atoms. The molecule has 188 valence electrons. The number of benzene rings is 1. The third kappa shape index (κ3) is 11.9. The van der Waals surface area contributed by atoms with Crippen molar-refractivity contribution in [3.8, 4) is 5.75 Å². The highest BCUT2D eigenvalue weighted by molar-refractivity contribution is 14.0. The maximum Gasteiger partial charge on any atom is 0.242 e. The van der Waals surface area contributed by atoms with Crippen molar-refractivity contribution in [1.29, 1.82) is 0 Å². The van der Waals surface area contributed by atoms with Crippen molar-refractivity contribution in [3.05, 3.63) is 24.3 Å². The van der Waals surface area contributed by atoms with Gasteiger partial charge in [0.05, 0.1) is 6.10 Å². The molecule has 1 heterocycles. The minimum absolute atomic E-state index is 0. The van der Waals surface area contributed by atoms with Crippen molar-refractivity contribution >= 4 is 41.5 Å². The molecule has 1 saturated heterocycles. The number of aliphatic imine (C=N–C) groups is 1. The molecule has 1 aromatic rings. The molecule has 0 aromatic heterocycles. The first-order chi connectivity index (χ1) is 15.0. The van der Waals surface area contributed by atoms with Gasteiger partial charge in [0.25, 0.3) is 0 Å². The van der Waals surface area contributed by atoms with E-state index in [1.807, 2.05) is 58.9 Å². The minimum Gasteiger partial charge on any atom is -0.491 e. The third-order valence-corrected chi connectivity index (χ3v) is 5.11. The van der Waals surface area contributed by atoms with Crippen LogP contribution in [0.1, 0.15) is 41.5 Å². The van der Waals surface area contributed by atoms with Crippen LogP contribution in [0.3, 0.4) is 0 Å². The normalized spacial score (nSPS) is 16.7. The summed E-state index contributed by atoms with van der Waals surface area (Å²) in [4.78, 5) is 21.6. The average molecular weight is 575 g/mol. The summed E-state index contributed by atoms with van der Waals surface area (Å²) in [7, 11) is 2.16. The van der Waals surface area contributed by atoms with E-state index in [1.165, 1.54) is 0 Å². The zero-order valence-corrected chi connectivity index (χ0v) is 23.6. The Morgan fingerprint density at radius 3 is 2.24 bits per heavy atom. The number of nitrogens with zero attached hydrogens (tertiary/aromatic N) is 3. The summed E-state index contributed by atoms with van der Waals surface area (Å²) >= 11 is 0. The maximum absolute atomic E-state index is 12.3. The monoisotopic (exact) mass is 574 g/mol. The minimum atomic E-state index is -0.282. The number of nitrogens with one attached hydrogen (secondary N) is 3. The summed E-state index contributed by atoms with van der Waals surface area (Å²) < 4.78 is 5.72. The van der Waals surface area contributed by atoms with Crippen molar-refractivity contribution in [3.63, 3.8) is 0 Å². The van der Waals surface area contributed by atoms with Gasteiger partial charge in [-0.2, -0.15) is 0 Å². The number of carbonyl (C=O) groups excluding carboxylic acids is 1. The lowest BCUT2D eigenvalue weighted by Crippen LogP contribution is -2.51. The van der Waals surface area contributed by atoms with Gasteiger partial charge in [-0.25, -0.2) is 4.99 Å². The Balaban J connectivity index is 0.00000544. The van der Waals surface area contributed by atoms with Crippen LogP contribution in [0, 0.1) is 0 Å². The number of carbonyl (C=O) groups is 1. The fraction of sp³-hybridized carbons (Fsp3) is 0.667. The van der Waals surface area contributed by atoms with E-state index >= 15 is 0 Å². The van der Waals surface area contributed by atoms with Crippen LogP contribution in [-0.2, 0) is 4.79 Å². The fourth-order valence-corrected chi connectivity index (χ4v) is 3.41. The van der Waals surface area contributed by atoms with Gasteiger partial charge < -0.3 is 25.6 Å². The number of hydrogen-bond donors (Lipinski definition) is 3. The molecule has 0 bridgehead atoms. The highest BCUT2D eigenvalue weighted by Crippen LogP contribution is 2.17. The molecule has 0 saturated carbocycles. The summed E-state index contributed by atoms with van der Waals surface area (Å²) in [5, 5.41) is 9.69. The lowest BCUT2D eigenvalue weighted by molar-refractivity contribution is -0.121. The molecule has 1 aliphatic heterocycles. The van der Waals surface area contributed by atoms with E-state index in [0.717, 1.165) is 44.2 Å². The van der Waals surface area contributed by atoms with Crippen molar-refractivity contribution < 1.29 is 9.53 Å². The first kappa shape index (κ1) is 29.4. The van der Waals surface area contributed by atoms with Crippen molar-refractivity contribution in [1.82, 2.24) is 20.4 Å². The summed E-state index contributed by atoms with van der Waals surface area (Å²) in [5.74, 6) is 1.31. The van der Waals surface area contributed by atoms with Crippen LogP contribution in [0.5, 0.6) is 5.75 Å². The molecule has 1 fully saturated rings. The SMILES string of the molecule is CC(C)Oc1ccc(NC(=NCC(=O)NC(C)(C)C)NCC(C)N2CCN(C)CC2)cc1.I. The van der Waals surface area contributed by atoms with E-state index in [4.69, 9.17) is 4.74 Å². The van der Waals surface area contributed by atoms with Crippen molar-refractivity contribution in [2.24, 2.45) is 4.99 Å². The van der Waals surface area contributed by atoms with E-state index in [9.17, 15) is 4.79 Å². The van der Waals surface area contributed by atoms with E-state index in [1.54, 1.807) is 0 Å². The van der Waals surface area contributed by atoms with Crippen LogP contribution in [-0.4, -0.2) is 85.7 Å². The summed E-state index contributed by atoms with van der Waals surface area (Å²) in [6.07, 6.45) is 0.130. The van der Waals surface area contributed by atoms with Gasteiger partial charge in [-0.3, -0.25) is 9.69 Å². The number of hydrogen-bond acceptors (Lipinski definition) is 5. The molecule has 3 N–H and O–H groups in total. The lowest BCUT2D eigenvalue weighted by Gasteiger charge is -2.36. The molecule has 0 aliphatic carbocycles. The average Bonchev–Trinajstić information content (AvgIpc) is 2.70. The number of amides is 1. The Morgan fingerprint density at radius 2 is 1.70 bits per heavy atom. The Morgan fingerprint density at radius 1 is 1.09 bits per heavy atom. The van der Waals surface area contributed by atoms with Gasteiger partial charge in [-0.15, -0.1) is 24.0 Å². The van der Waals surface area contributed by atoms with Crippen molar-refractivity contribution in [2.45, 2.75) is 59.2 Å². The molecule has 0 spiro atoms. The first-order valence-corrected chi connectivity index (χ1v) is 11.6. The molecule has 1 unspecified atom stereocenters. The molecular weight excluding hydrogens is 531 g/mol. The first-order valence-electron chi connectivity index (χ1n) is 11.6. The van der Waals surface area contributed by atoms with Crippen LogP contribution in [0.25, 0.3) is 0 Å². The molecule has 8 nitrogen and oxygen atoms in total. The summed E-state index contributed by atoms with van der Waals surface area (Å²) in [6, 6.07) is 8.13. The van der Waals surface area contributed by atoms with E-state index in [0.29, 0.717) is 12.0 Å². The second-order valence-corrected chi connectivity index (χ2v) is 9.85. The quantitative estimate of drug-likeness (QED) is 0.252. The standard InChI is InChI=1S/C24H42N6O2.HI/c1-18(2)32-21-10-8-20(9-11-21)27-23(26-17-22(31)28-24(4,5)6)25-16-19(3)30-14-12-29(7)13-15-30;/h8-11,18-19H,12-17H2,1-7H3,(H,28,31)(H2,25,26,27);1H. The molecule has 9 heteroatoms. The zero-order valence-electron chi connectivity index (χ0n) is 21.3. The lowest BCUT2D eigenvalue weighted by atomic mass is 10.1. The zero-order chi connectivity index (χ0) is 23.7. The van der Waals surface area contributed by atoms with E-state index < -0.39 is 0 Å². The van der Waals surface area contributed by atoms with Crippen LogP contribution >= 0.6 is 24.0 Å². The Hall–Kier alpha value is -1.59. The maximum atomic E-state index is 12.3. The fourth-order valence-electron chi connectivity index (χ4n) is 3.41. The molecule has 0 radical (unpaired) electrons. The van der Waals surface area contributed by atoms with Crippen LogP contribution in [0.4, 0.5) is 5.69 Å². The van der Waals surface area contributed by atoms with Gasteiger partial charge >= 0.3 is 0 Å². The smallest absolute Gasteiger partial charge is 0.242 e. The molecule has 1 amide bonds. The number of ether oxygens (including phenoxy) is 1. The third-order valence-electron chi connectivity index (χ3n) is 5.11. The molecule has 1 aliphatic rings. The number of anilines is 1. The van der Waals surface area contributed by atoms with Gasteiger partial charge in [0.2, 0.25) is 5.91 Å². The molecule has 1 atom stereocenters. The van der Waals surface area contributed by atoms with Gasteiger partial charge in [-0.05, 0) is 72.9 Å². The van der Waals surface area contributed by atoms with Crippen LogP contribution < -0.4 is 20.7 Å². The van der Waals surface area contributed by atoms with E-state index in [2.05, 4.69) is 44.7 Å². The number of guanidine groups is 1. The summed E-state index contributed by atoms with van der Waals surface area (Å²) in [6.45, 7) is 17.2. The predicted molar refractivity (Wildman–Crippen MR) is 148 cm³/mol. The van der Waals surface area contributed by atoms with E-state index in [-0.39, 0.29) is 48.1 Å². The largest absolute Gasteiger partial charge is 0.491 e. The summed E-state index contributed by atoms with van der Waals surface area (Å²) in [5.41, 5.74) is 0.603. The van der Waals surface area contributed by atoms with Gasteiger partial charge in [0.15, 0.2) is 5.96 Å². The number of halogens is 1. The van der Waals surface area contributed by atoms with Gasteiger partial charge in [0.1, 0.15) is 12.3 Å². The number of piperazine rings is 1. The molecule has 1 aromatic carbocycles. The Bertz CT molecular complexity index is 740.